The first-order valence-corrected chi connectivity index (χ1v) is 7.27. The Hall–Kier alpha value is -1.02. The van der Waals surface area contributed by atoms with Crippen molar-refractivity contribution in [3.8, 4) is 5.75 Å². The average molecular weight is 247 g/mol. The van der Waals surface area contributed by atoms with Crippen molar-refractivity contribution in [3.05, 3.63) is 29.8 Å². The van der Waals surface area contributed by atoms with Crippen LogP contribution in [0.1, 0.15) is 44.6 Å². The first-order chi connectivity index (χ1) is 8.75. The van der Waals surface area contributed by atoms with Gasteiger partial charge < -0.3 is 10.0 Å². The molecule has 1 N–H and O–H groups in total. The van der Waals surface area contributed by atoms with Crippen molar-refractivity contribution in [2.45, 2.75) is 51.5 Å². The Morgan fingerprint density at radius 1 is 1.00 bits per heavy atom. The number of likely N-dealkylation sites (tertiary alicyclic amines) is 1. The number of nitrogens with zero attached hydrogens (tertiary/aromatic N) is 1. The largest absolute Gasteiger partial charge is 0.508 e. The van der Waals surface area contributed by atoms with Gasteiger partial charge in [-0.25, -0.2) is 0 Å². The molecule has 0 saturated carbocycles. The van der Waals surface area contributed by atoms with Gasteiger partial charge in [-0.2, -0.15) is 0 Å². The van der Waals surface area contributed by atoms with Crippen molar-refractivity contribution < 1.29 is 5.11 Å². The second kappa shape index (κ2) is 6.79. The van der Waals surface area contributed by atoms with Gasteiger partial charge in [0.05, 0.1) is 0 Å². The number of phenols is 1. The van der Waals surface area contributed by atoms with E-state index in [4.69, 9.17) is 0 Å². The molecule has 2 nitrogen and oxygen atoms in total. The SMILES string of the molecule is CC(Cc1ccc(O)cc1)N1CCCCCCC1. The van der Waals surface area contributed by atoms with Gasteiger partial charge in [-0.15, -0.1) is 0 Å². The second-order valence-electron chi connectivity index (χ2n) is 5.52. The molecule has 0 aromatic heterocycles. The highest BCUT2D eigenvalue weighted by Crippen LogP contribution is 2.17. The van der Waals surface area contributed by atoms with E-state index >= 15 is 0 Å². The van der Waals surface area contributed by atoms with Crippen LogP contribution in [0.25, 0.3) is 0 Å². The molecule has 0 spiro atoms. The number of hydrogen-bond donors (Lipinski definition) is 1. The van der Waals surface area contributed by atoms with Crippen molar-refractivity contribution in [2.24, 2.45) is 0 Å². The van der Waals surface area contributed by atoms with Gasteiger partial charge in [-0.1, -0.05) is 31.4 Å². The van der Waals surface area contributed by atoms with E-state index in [0.29, 0.717) is 11.8 Å². The summed E-state index contributed by atoms with van der Waals surface area (Å²) in [6.45, 7) is 4.83. The first-order valence-electron chi connectivity index (χ1n) is 7.27. The molecule has 2 rings (SSSR count). The van der Waals surface area contributed by atoms with E-state index in [-0.39, 0.29) is 0 Å². The van der Waals surface area contributed by atoms with Crippen LogP contribution in [0.5, 0.6) is 5.75 Å². The van der Waals surface area contributed by atoms with E-state index in [1.165, 1.54) is 50.8 Å². The van der Waals surface area contributed by atoms with Crippen molar-refractivity contribution in [1.29, 1.82) is 0 Å². The predicted molar refractivity (Wildman–Crippen MR) is 75.9 cm³/mol. The number of aromatic hydroxyl groups is 1. The predicted octanol–water partition coefficient (Wildman–Crippen LogP) is 3.59. The minimum Gasteiger partial charge on any atom is -0.508 e. The lowest BCUT2D eigenvalue weighted by Gasteiger charge is -2.30. The zero-order valence-electron chi connectivity index (χ0n) is 11.4. The summed E-state index contributed by atoms with van der Waals surface area (Å²) in [5.74, 6) is 0.359. The molecule has 1 aromatic rings. The average Bonchev–Trinajstić information content (AvgIpc) is 2.31. The van der Waals surface area contributed by atoms with Crippen molar-refractivity contribution in [1.82, 2.24) is 4.90 Å². The maximum Gasteiger partial charge on any atom is 0.115 e. The molecular formula is C16H25NO. The van der Waals surface area contributed by atoms with E-state index in [1.54, 1.807) is 12.1 Å². The topological polar surface area (TPSA) is 23.5 Å². The molecule has 1 aromatic carbocycles. The molecule has 1 fully saturated rings. The fraction of sp³-hybridized carbons (Fsp3) is 0.625. The van der Waals surface area contributed by atoms with Gasteiger partial charge in [0.15, 0.2) is 0 Å². The zero-order valence-corrected chi connectivity index (χ0v) is 11.4. The molecule has 1 aliphatic heterocycles. The minimum absolute atomic E-state index is 0.359. The Morgan fingerprint density at radius 3 is 2.17 bits per heavy atom. The third-order valence-electron chi connectivity index (χ3n) is 3.98. The maximum atomic E-state index is 9.30. The molecule has 18 heavy (non-hydrogen) atoms. The summed E-state index contributed by atoms with van der Waals surface area (Å²) in [7, 11) is 0. The molecule has 0 radical (unpaired) electrons. The minimum atomic E-state index is 0.359. The van der Waals surface area contributed by atoms with Gasteiger partial charge in [-0.05, 0) is 57.0 Å². The molecule has 2 heteroatoms. The van der Waals surface area contributed by atoms with Crippen molar-refractivity contribution >= 4 is 0 Å². The normalized spacial score (nSPS) is 20.1. The summed E-state index contributed by atoms with van der Waals surface area (Å²) in [6, 6.07) is 8.25. The standard InChI is InChI=1S/C16H25NO/c1-14(13-15-7-9-16(18)10-8-15)17-11-5-3-2-4-6-12-17/h7-10,14,18H,2-6,11-13H2,1H3. The van der Waals surface area contributed by atoms with E-state index < -0.39 is 0 Å². The summed E-state index contributed by atoms with van der Waals surface area (Å²) >= 11 is 0. The van der Waals surface area contributed by atoms with Crippen LogP contribution in [0.15, 0.2) is 24.3 Å². The van der Waals surface area contributed by atoms with E-state index in [2.05, 4.69) is 11.8 Å². The van der Waals surface area contributed by atoms with Gasteiger partial charge in [0.1, 0.15) is 5.75 Å². The Kier molecular flexibility index (Phi) is 5.06. The van der Waals surface area contributed by atoms with Crippen LogP contribution in [0.3, 0.4) is 0 Å². The fourth-order valence-electron chi connectivity index (χ4n) is 2.81. The summed E-state index contributed by atoms with van der Waals surface area (Å²) < 4.78 is 0. The molecule has 1 aliphatic rings. The van der Waals surface area contributed by atoms with Crippen LogP contribution in [0.4, 0.5) is 0 Å². The van der Waals surface area contributed by atoms with Gasteiger partial charge in [-0.3, -0.25) is 0 Å². The Morgan fingerprint density at radius 2 is 1.56 bits per heavy atom. The Balaban J connectivity index is 1.89. The van der Waals surface area contributed by atoms with E-state index in [1.807, 2.05) is 12.1 Å². The summed E-state index contributed by atoms with van der Waals surface area (Å²) in [6.07, 6.45) is 7.98. The summed E-state index contributed by atoms with van der Waals surface area (Å²) in [5, 5.41) is 9.30. The lowest BCUT2D eigenvalue weighted by molar-refractivity contribution is 0.189. The van der Waals surface area contributed by atoms with E-state index in [9.17, 15) is 5.11 Å². The van der Waals surface area contributed by atoms with Crippen LogP contribution < -0.4 is 0 Å². The monoisotopic (exact) mass is 247 g/mol. The molecule has 0 amide bonds. The lowest BCUT2D eigenvalue weighted by atomic mass is 10.0. The second-order valence-corrected chi connectivity index (χ2v) is 5.52. The number of rotatable bonds is 3. The lowest BCUT2D eigenvalue weighted by Crippen LogP contribution is -2.37. The molecule has 1 heterocycles. The van der Waals surface area contributed by atoms with Crippen LogP contribution in [-0.4, -0.2) is 29.1 Å². The highest BCUT2D eigenvalue weighted by Gasteiger charge is 2.15. The molecule has 1 unspecified atom stereocenters. The molecule has 100 valence electrons. The number of phenolic OH excluding ortho intramolecular Hbond substituents is 1. The Bertz CT molecular complexity index is 339. The van der Waals surface area contributed by atoms with Gasteiger partial charge in [0.25, 0.3) is 0 Å². The van der Waals surface area contributed by atoms with Crippen LogP contribution in [-0.2, 0) is 6.42 Å². The Labute approximate surface area is 111 Å². The fourth-order valence-corrected chi connectivity index (χ4v) is 2.81. The molecule has 0 aliphatic carbocycles. The molecule has 1 saturated heterocycles. The summed E-state index contributed by atoms with van der Waals surface area (Å²) in [4.78, 5) is 2.63. The van der Waals surface area contributed by atoms with Crippen LogP contribution >= 0.6 is 0 Å². The van der Waals surface area contributed by atoms with Gasteiger partial charge in [0, 0.05) is 6.04 Å². The third-order valence-corrected chi connectivity index (χ3v) is 3.98. The molecular weight excluding hydrogens is 222 g/mol. The molecule has 1 atom stereocenters. The quantitative estimate of drug-likeness (QED) is 0.882. The highest BCUT2D eigenvalue weighted by molar-refractivity contribution is 5.26. The smallest absolute Gasteiger partial charge is 0.115 e. The zero-order chi connectivity index (χ0) is 12.8. The third kappa shape index (κ3) is 4.02. The van der Waals surface area contributed by atoms with Crippen LogP contribution in [0.2, 0.25) is 0 Å². The first kappa shape index (κ1) is 13.4. The number of hydrogen-bond acceptors (Lipinski definition) is 2. The van der Waals surface area contributed by atoms with Gasteiger partial charge >= 0.3 is 0 Å². The van der Waals surface area contributed by atoms with E-state index in [0.717, 1.165) is 6.42 Å². The van der Waals surface area contributed by atoms with Crippen LogP contribution in [0, 0.1) is 0 Å². The maximum absolute atomic E-state index is 9.30. The summed E-state index contributed by atoms with van der Waals surface area (Å²) in [5.41, 5.74) is 1.32. The van der Waals surface area contributed by atoms with Gasteiger partial charge in [0.2, 0.25) is 0 Å². The molecule has 0 bridgehead atoms. The highest BCUT2D eigenvalue weighted by atomic mass is 16.3. The van der Waals surface area contributed by atoms with Crippen molar-refractivity contribution in [3.63, 3.8) is 0 Å². The number of benzene rings is 1. The van der Waals surface area contributed by atoms with Crippen molar-refractivity contribution in [2.75, 3.05) is 13.1 Å².